The van der Waals surface area contributed by atoms with E-state index in [1.54, 1.807) is 24.3 Å². The molecule has 0 spiro atoms. The highest BCUT2D eigenvalue weighted by Gasteiger charge is 2.17. The summed E-state index contributed by atoms with van der Waals surface area (Å²) < 4.78 is 5.17. The lowest BCUT2D eigenvalue weighted by Gasteiger charge is -2.16. The molecule has 0 aromatic heterocycles. The summed E-state index contributed by atoms with van der Waals surface area (Å²) in [6.07, 6.45) is 2.80. The van der Waals surface area contributed by atoms with E-state index in [2.05, 4.69) is 15.9 Å². The molecular formula is C12H13N3O3. The lowest BCUT2D eigenvalue weighted by atomic mass is 10.0. The number of benzene rings is 1. The molecule has 1 rings (SSSR count). The fourth-order valence-corrected chi connectivity index (χ4v) is 1.33. The Bertz CT molecular complexity index is 460. The van der Waals surface area contributed by atoms with E-state index in [1.165, 1.54) is 0 Å². The average Bonchev–Trinajstić information content (AvgIpc) is 2.42. The van der Waals surface area contributed by atoms with Crippen molar-refractivity contribution in [2.45, 2.75) is 12.2 Å². The average molecular weight is 247 g/mol. The van der Waals surface area contributed by atoms with Crippen molar-refractivity contribution < 1.29 is 14.9 Å². The normalized spacial score (nSPS) is 12.9. The Morgan fingerprint density at radius 3 is 2.61 bits per heavy atom. The number of rotatable bonds is 6. The number of azide groups is 1. The molecule has 0 bridgehead atoms. The van der Waals surface area contributed by atoms with Crippen LogP contribution in [0.15, 0.2) is 29.4 Å². The summed E-state index contributed by atoms with van der Waals surface area (Å²) in [6.45, 7) is -0.0194. The van der Waals surface area contributed by atoms with Crippen molar-refractivity contribution in [3.05, 3.63) is 40.3 Å². The molecule has 2 N–H and O–H groups in total. The molecule has 0 heterocycles. The van der Waals surface area contributed by atoms with E-state index in [1.807, 2.05) is 0 Å². The minimum Gasteiger partial charge on any atom is -0.481 e. The summed E-state index contributed by atoms with van der Waals surface area (Å²) in [5, 5.41) is 22.5. The quantitative estimate of drug-likeness (QED) is 0.344. The zero-order valence-corrected chi connectivity index (χ0v) is 9.60. The monoisotopic (exact) mass is 247 g/mol. The first kappa shape index (κ1) is 13.9. The Balaban J connectivity index is 2.66. The molecule has 0 fully saturated rings. The maximum absolute atomic E-state index is 9.78. The van der Waals surface area contributed by atoms with Crippen LogP contribution in [-0.4, -0.2) is 29.5 Å². The fraction of sp³-hybridized carbons (Fsp3) is 0.333. The molecule has 0 amide bonds. The van der Waals surface area contributed by atoms with E-state index in [9.17, 15) is 10.2 Å². The van der Waals surface area contributed by atoms with Crippen LogP contribution < -0.4 is 4.74 Å². The first-order valence-corrected chi connectivity index (χ1v) is 5.22. The molecule has 94 valence electrons. The minimum absolute atomic E-state index is 0.168. The van der Waals surface area contributed by atoms with Gasteiger partial charge in [-0.05, 0) is 23.2 Å². The molecule has 0 saturated carbocycles. The summed E-state index contributed by atoms with van der Waals surface area (Å²) in [4.78, 5) is 2.51. The largest absolute Gasteiger partial charge is 0.481 e. The van der Waals surface area contributed by atoms with Crippen molar-refractivity contribution in [2.24, 2.45) is 5.11 Å². The van der Waals surface area contributed by atoms with Crippen molar-refractivity contribution in [1.82, 2.24) is 0 Å². The third kappa shape index (κ3) is 4.00. The number of hydrogen-bond acceptors (Lipinski definition) is 4. The molecule has 0 aliphatic heterocycles. The molecule has 0 aliphatic rings. The Morgan fingerprint density at radius 1 is 1.39 bits per heavy atom. The van der Waals surface area contributed by atoms with Crippen LogP contribution in [0.3, 0.4) is 0 Å². The number of hydrogen-bond donors (Lipinski definition) is 2. The molecule has 18 heavy (non-hydrogen) atoms. The van der Waals surface area contributed by atoms with Crippen LogP contribution in [0, 0.1) is 12.3 Å². The SMILES string of the molecule is C#CCOc1ccc(C(O)C(O)CN=[N+]=[N-])cc1. The first-order valence-electron chi connectivity index (χ1n) is 5.22. The fourth-order valence-electron chi connectivity index (χ4n) is 1.33. The summed E-state index contributed by atoms with van der Waals surface area (Å²) in [6, 6.07) is 6.48. The van der Waals surface area contributed by atoms with Gasteiger partial charge in [0, 0.05) is 4.91 Å². The van der Waals surface area contributed by atoms with Gasteiger partial charge in [0.1, 0.15) is 18.5 Å². The highest BCUT2D eigenvalue weighted by Crippen LogP contribution is 2.20. The topological polar surface area (TPSA) is 98.5 Å². The van der Waals surface area contributed by atoms with Gasteiger partial charge in [0.25, 0.3) is 0 Å². The van der Waals surface area contributed by atoms with Crippen LogP contribution in [0.2, 0.25) is 0 Å². The molecule has 0 saturated heterocycles. The predicted molar refractivity (Wildman–Crippen MR) is 65.7 cm³/mol. The van der Waals surface area contributed by atoms with E-state index in [4.69, 9.17) is 16.7 Å². The van der Waals surface area contributed by atoms with Crippen LogP contribution >= 0.6 is 0 Å². The maximum atomic E-state index is 9.78. The summed E-state index contributed by atoms with van der Waals surface area (Å²) in [7, 11) is 0. The van der Waals surface area contributed by atoms with Gasteiger partial charge in [-0.25, -0.2) is 0 Å². The second-order valence-electron chi connectivity index (χ2n) is 3.49. The van der Waals surface area contributed by atoms with Crippen LogP contribution in [0.1, 0.15) is 11.7 Å². The number of nitrogens with zero attached hydrogens (tertiary/aromatic N) is 3. The lowest BCUT2D eigenvalue weighted by molar-refractivity contribution is 0.0244. The van der Waals surface area contributed by atoms with Gasteiger partial charge >= 0.3 is 0 Å². The van der Waals surface area contributed by atoms with E-state index in [0.717, 1.165) is 0 Å². The highest BCUT2D eigenvalue weighted by molar-refractivity contribution is 5.29. The van der Waals surface area contributed by atoms with Gasteiger partial charge in [0.15, 0.2) is 0 Å². The zero-order valence-electron chi connectivity index (χ0n) is 9.60. The summed E-state index contributed by atoms with van der Waals surface area (Å²) in [5.74, 6) is 2.91. The molecule has 2 atom stereocenters. The van der Waals surface area contributed by atoms with Gasteiger partial charge < -0.3 is 14.9 Å². The van der Waals surface area contributed by atoms with E-state index in [0.29, 0.717) is 11.3 Å². The third-order valence-corrected chi connectivity index (χ3v) is 2.24. The second-order valence-corrected chi connectivity index (χ2v) is 3.49. The maximum Gasteiger partial charge on any atom is 0.148 e. The van der Waals surface area contributed by atoms with Crippen molar-refractivity contribution in [1.29, 1.82) is 0 Å². The lowest BCUT2D eigenvalue weighted by Crippen LogP contribution is -2.21. The Morgan fingerprint density at radius 2 is 2.06 bits per heavy atom. The van der Waals surface area contributed by atoms with Crippen molar-refractivity contribution in [2.75, 3.05) is 13.2 Å². The smallest absolute Gasteiger partial charge is 0.148 e. The predicted octanol–water partition coefficient (Wildman–Crippen LogP) is 1.40. The number of terminal acetylenes is 1. The van der Waals surface area contributed by atoms with E-state index in [-0.39, 0.29) is 13.2 Å². The van der Waals surface area contributed by atoms with Gasteiger partial charge in [-0.15, -0.1) is 6.42 Å². The van der Waals surface area contributed by atoms with E-state index < -0.39 is 12.2 Å². The number of ether oxygens (including phenoxy) is 1. The van der Waals surface area contributed by atoms with Crippen molar-refractivity contribution >= 4 is 0 Å². The molecule has 1 aromatic rings. The second kappa shape index (κ2) is 7.20. The van der Waals surface area contributed by atoms with Crippen LogP contribution in [0.5, 0.6) is 5.75 Å². The minimum atomic E-state index is -1.14. The highest BCUT2D eigenvalue weighted by atomic mass is 16.5. The van der Waals surface area contributed by atoms with Gasteiger partial charge in [-0.1, -0.05) is 23.2 Å². The zero-order chi connectivity index (χ0) is 13.4. The molecule has 6 nitrogen and oxygen atoms in total. The first-order chi connectivity index (χ1) is 8.69. The molecule has 6 heteroatoms. The standard InChI is InChI=1S/C12H13N3O3/c1-2-7-18-10-5-3-9(4-6-10)12(17)11(16)8-14-15-13/h1,3-6,11-12,16-17H,7-8H2. The van der Waals surface area contributed by atoms with Gasteiger partial charge in [-0.2, -0.15) is 0 Å². The molecule has 2 unspecified atom stereocenters. The molecule has 0 radical (unpaired) electrons. The third-order valence-electron chi connectivity index (χ3n) is 2.24. The molecular weight excluding hydrogens is 234 g/mol. The Hall–Kier alpha value is -2.19. The van der Waals surface area contributed by atoms with Crippen molar-refractivity contribution in [3.8, 4) is 18.1 Å². The van der Waals surface area contributed by atoms with Crippen LogP contribution in [0.4, 0.5) is 0 Å². The Labute approximate surface area is 104 Å². The van der Waals surface area contributed by atoms with Gasteiger partial charge in [0.05, 0.1) is 12.6 Å². The van der Waals surface area contributed by atoms with Crippen molar-refractivity contribution in [3.63, 3.8) is 0 Å². The molecule has 0 aliphatic carbocycles. The Kier molecular flexibility index (Phi) is 5.55. The number of aliphatic hydroxyl groups excluding tert-OH is 2. The summed E-state index contributed by atoms with van der Waals surface area (Å²) in [5.41, 5.74) is 8.62. The summed E-state index contributed by atoms with van der Waals surface area (Å²) >= 11 is 0. The van der Waals surface area contributed by atoms with Crippen LogP contribution in [0.25, 0.3) is 10.4 Å². The van der Waals surface area contributed by atoms with Gasteiger partial charge in [-0.3, -0.25) is 0 Å². The number of aliphatic hydroxyl groups is 2. The van der Waals surface area contributed by atoms with Gasteiger partial charge in [0.2, 0.25) is 0 Å². The molecule has 1 aromatic carbocycles. The van der Waals surface area contributed by atoms with E-state index >= 15 is 0 Å². The van der Waals surface area contributed by atoms with Crippen LogP contribution in [-0.2, 0) is 0 Å².